The first-order chi connectivity index (χ1) is 15.4. The van der Waals surface area contributed by atoms with Crippen LogP contribution in [0, 0.1) is 5.92 Å². The molecule has 2 aromatic rings. The number of carbonyl (C=O) groups is 2. The van der Waals surface area contributed by atoms with E-state index in [0.717, 1.165) is 36.1 Å². The van der Waals surface area contributed by atoms with Gasteiger partial charge in [0.05, 0.1) is 0 Å². The molecule has 7 nitrogen and oxygen atoms in total. The maximum atomic E-state index is 13.2. The number of anilines is 2. The SMILES string of the molecule is COCC[C@H]1CN(C(=O)Nc2ccc(Br)cc2)[C@H]1C(=O)Nc1ccc2c(c1)CCN(C)C2. The number of nitrogens with one attached hydrogen (secondary N) is 2. The van der Waals surface area contributed by atoms with Gasteiger partial charge in [-0.25, -0.2) is 4.79 Å². The number of hydrogen-bond acceptors (Lipinski definition) is 4. The molecule has 32 heavy (non-hydrogen) atoms. The Labute approximate surface area is 197 Å². The Morgan fingerprint density at radius 1 is 1.09 bits per heavy atom. The Kier molecular flexibility index (Phi) is 7.13. The number of rotatable bonds is 6. The third-order valence-electron chi connectivity index (χ3n) is 6.21. The lowest BCUT2D eigenvalue weighted by atomic mass is 9.85. The minimum Gasteiger partial charge on any atom is -0.385 e. The van der Waals surface area contributed by atoms with Crippen LogP contribution in [0.2, 0.25) is 0 Å². The molecule has 4 rings (SSSR count). The van der Waals surface area contributed by atoms with Gasteiger partial charge < -0.3 is 25.2 Å². The fraction of sp³-hybridized carbons (Fsp3) is 0.417. The van der Waals surface area contributed by atoms with Gasteiger partial charge in [0.2, 0.25) is 5.91 Å². The van der Waals surface area contributed by atoms with E-state index in [4.69, 9.17) is 4.74 Å². The van der Waals surface area contributed by atoms with Gasteiger partial charge in [0.1, 0.15) is 6.04 Å². The molecule has 0 aliphatic carbocycles. The van der Waals surface area contributed by atoms with Crippen LogP contribution in [0.3, 0.4) is 0 Å². The van der Waals surface area contributed by atoms with Crippen molar-refractivity contribution in [2.24, 2.45) is 5.92 Å². The van der Waals surface area contributed by atoms with Gasteiger partial charge in [-0.1, -0.05) is 22.0 Å². The van der Waals surface area contributed by atoms with E-state index in [-0.39, 0.29) is 17.9 Å². The van der Waals surface area contributed by atoms with E-state index in [1.807, 2.05) is 30.3 Å². The molecule has 1 fully saturated rings. The molecule has 170 valence electrons. The number of halogens is 1. The van der Waals surface area contributed by atoms with E-state index >= 15 is 0 Å². The zero-order chi connectivity index (χ0) is 22.7. The number of likely N-dealkylation sites (N-methyl/N-ethyl adjacent to an activating group) is 1. The van der Waals surface area contributed by atoms with Crippen molar-refractivity contribution in [2.75, 3.05) is 44.5 Å². The second-order valence-electron chi connectivity index (χ2n) is 8.54. The van der Waals surface area contributed by atoms with Crippen LogP contribution in [0.4, 0.5) is 16.2 Å². The number of amides is 3. The lowest BCUT2D eigenvalue weighted by Gasteiger charge is -2.46. The molecule has 0 unspecified atom stereocenters. The molecule has 3 amide bonds. The molecule has 0 bridgehead atoms. The topological polar surface area (TPSA) is 73.9 Å². The van der Waals surface area contributed by atoms with Crippen LogP contribution < -0.4 is 10.6 Å². The van der Waals surface area contributed by atoms with Gasteiger partial charge in [-0.3, -0.25) is 4.79 Å². The zero-order valence-electron chi connectivity index (χ0n) is 18.4. The summed E-state index contributed by atoms with van der Waals surface area (Å²) in [6.45, 7) is 3.02. The van der Waals surface area contributed by atoms with Gasteiger partial charge in [0.15, 0.2) is 0 Å². The minimum absolute atomic E-state index is 0.0666. The number of methoxy groups -OCH3 is 1. The molecule has 2 atom stereocenters. The van der Waals surface area contributed by atoms with Gasteiger partial charge in [-0.15, -0.1) is 0 Å². The molecule has 2 aliphatic heterocycles. The third-order valence-corrected chi connectivity index (χ3v) is 6.74. The summed E-state index contributed by atoms with van der Waals surface area (Å²) in [6.07, 6.45) is 1.70. The van der Waals surface area contributed by atoms with Gasteiger partial charge in [0, 0.05) is 55.1 Å². The first kappa shape index (κ1) is 22.8. The van der Waals surface area contributed by atoms with Gasteiger partial charge in [-0.05, 0) is 67.4 Å². The standard InChI is InChI=1S/C24H29BrN4O3/c1-28-11-9-16-13-21(6-3-17(16)14-28)26-23(30)22-18(10-12-32-2)15-29(22)24(31)27-20-7-4-19(25)5-8-20/h3-8,13,18,22H,9-12,14-15H2,1-2H3,(H,26,30)(H,27,31)/t18-,22+/m0/s1. The maximum absolute atomic E-state index is 13.2. The van der Waals surface area contributed by atoms with Crippen molar-refractivity contribution in [2.45, 2.75) is 25.4 Å². The van der Waals surface area contributed by atoms with Crippen LogP contribution >= 0.6 is 15.9 Å². The summed E-state index contributed by atoms with van der Waals surface area (Å²) >= 11 is 3.39. The number of fused-ring (bicyclic) bond motifs is 1. The number of urea groups is 1. The summed E-state index contributed by atoms with van der Waals surface area (Å²) in [5.41, 5.74) is 4.05. The zero-order valence-corrected chi connectivity index (χ0v) is 20.0. The van der Waals surface area contributed by atoms with Crippen LogP contribution in [-0.2, 0) is 22.5 Å². The largest absolute Gasteiger partial charge is 0.385 e. The van der Waals surface area contributed by atoms with Crippen molar-refractivity contribution in [1.29, 1.82) is 0 Å². The number of hydrogen-bond donors (Lipinski definition) is 2. The first-order valence-corrected chi connectivity index (χ1v) is 11.7. The molecular weight excluding hydrogens is 472 g/mol. The minimum atomic E-state index is -0.525. The number of nitrogens with zero attached hydrogens (tertiary/aromatic N) is 2. The first-order valence-electron chi connectivity index (χ1n) is 10.9. The molecule has 0 radical (unpaired) electrons. The highest BCUT2D eigenvalue weighted by Crippen LogP contribution is 2.31. The number of likely N-dealkylation sites (tertiary alicyclic amines) is 1. The summed E-state index contributed by atoms with van der Waals surface area (Å²) in [4.78, 5) is 30.0. The molecule has 2 aliphatic rings. The Hall–Kier alpha value is -2.42. The lowest BCUT2D eigenvalue weighted by molar-refractivity contribution is -0.127. The number of ether oxygens (including phenoxy) is 1. The van der Waals surface area contributed by atoms with Gasteiger partial charge in [0.25, 0.3) is 0 Å². The summed E-state index contributed by atoms with van der Waals surface area (Å²) in [6, 6.07) is 12.7. The van der Waals surface area contributed by atoms with Crippen molar-refractivity contribution in [3.63, 3.8) is 0 Å². The highest BCUT2D eigenvalue weighted by Gasteiger charge is 2.46. The van der Waals surface area contributed by atoms with Crippen molar-refractivity contribution in [1.82, 2.24) is 9.80 Å². The maximum Gasteiger partial charge on any atom is 0.322 e. The van der Waals surface area contributed by atoms with Crippen LogP contribution in [0.15, 0.2) is 46.9 Å². The second-order valence-corrected chi connectivity index (χ2v) is 9.45. The predicted molar refractivity (Wildman–Crippen MR) is 129 cm³/mol. The van der Waals surface area contributed by atoms with Gasteiger partial charge >= 0.3 is 6.03 Å². The third kappa shape index (κ3) is 5.14. The molecule has 8 heteroatoms. The van der Waals surface area contributed by atoms with E-state index in [1.165, 1.54) is 11.1 Å². The smallest absolute Gasteiger partial charge is 0.322 e. The van der Waals surface area contributed by atoms with E-state index < -0.39 is 6.04 Å². The van der Waals surface area contributed by atoms with E-state index in [2.05, 4.69) is 50.6 Å². The molecule has 1 saturated heterocycles. The molecule has 0 saturated carbocycles. The van der Waals surface area contributed by atoms with Crippen molar-refractivity contribution in [3.05, 3.63) is 58.1 Å². The number of benzene rings is 2. The quantitative estimate of drug-likeness (QED) is 0.629. The highest BCUT2D eigenvalue weighted by molar-refractivity contribution is 9.10. The summed E-state index contributed by atoms with van der Waals surface area (Å²) in [5, 5.41) is 5.94. The van der Waals surface area contributed by atoms with Crippen LogP contribution in [-0.4, -0.2) is 61.6 Å². The Bertz CT molecular complexity index is 982. The second kappa shape index (κ2) is 10.0. The Morgan fingerprint density at radius 3 is 2.59 bits per heavy atom. The fourth-order valence-corrected chi connectivity index (χ4v) is 4.65. The van der Waals surface area contributed by atoms with Crippen LogP contribution in [0.1, 0.15) is 17.5 Å². The van der Waals surface area contributed by atoms with Crippen molar-refractivity contribution >= 4 is 39.2 Å². The highest BCUT2D eigenvalue weighted by atomic mass is 79.9. The van der Waals surface area contributed by atoms with E-state index in [1.54, 1.807) is 12.0 Å². The Morgan fingerprint density at radius 2 is 1.84 bits per heavy atom. The fourth-order valence-electron chi connectivity index (χ4n) is 4.38. The molecule has 0 aromatic heterocycles. The average molecular weight is 501 g/mol. The molecule has 2 heterocycles. The normalized spacial score (nSPS) is 20.3. The van der Waals surface area contributed by atoms with Crippen molar-refractivity contribution < 1.29 is 14.3 Å². The van der Waals surface area contributed by atoms with Crippen molar-refractivity contribution in [3.8, 4) is 0 Å². The number of carbonyl (C=O) groups excluding carboxylic acids is 2. The van der Waals surface area contributed by atoms with E-state index in [0.29, 0.717) is 18.8 Å². The Balaban J connectivity index is 1.45. The monoisotopic (exact) mass is 500 g/mol. The molecule has 2 aromatic carbocycles. The lowest BCUT2D eigenvalue weighted by Crippen LogP contribution is -2.64. The van der Waals surface area contributed by atoms with Crippen LogP contribution in [0.25, 0.3) is 0 Å². The van der Waals surface area contributed by atoms with E-state index in [9.17, 15) is 9.59 Å². The molecular formula is C24H29BrN4O3. The predicted octanol–water partition coefficient (Wildman–Crippen LogP) is 3.94. The molecule has 0 spiro atoms. The van der Waals surface area contributed by atoms with Gasteiger partial charge in [-0.2, -0.15) is 0 Å². The van der Waals surface area contributed by atoms with Crippen LogP contribution in [0.5, 0.6) is 0 Å². The summed E-state index contributed by atoms with van der Waals surface area (Å²) in [7, 11) is 3.76. The summed E-state index contributed by atoms with van der Waals surface area (Å²) < 4.78 is 6.15. The summed E-state index contributed by atoms with van der Waals surface area (Å²) in [5.74, 6) is -0.0897. The molecule has 2 N–H and O–H groups in total. The average Bonchev–Trinajstić information content (AvgIpc) is 2.74.